The predicted molar refractivity (Wildman–Crippen MR) is 118 cm³/mol. The highest BCUT2D eigenvalue weighted by Crippen LogP contribution is 2.28. The number of ether oxygens (including phenoxy) is 3. The number of barbiturate groups is 1. The molecule has 0 unspecified atom stereocenters. The topological polar surface area (TPSA) is 85.4 Å². The Labute approximate surface area is 187 Å². The third-order valence-corrected chi connectivity index (χ3v) is 5.53. The Hall–Kier alpha value is -3.55. The van der Waals surface area contributed by atoms with Gasteiger partial charge >= 0.3 is 6.03 Å². The molecule has 3 rings (SSSR count). The van der Waals surface area contributed by atoms with E-state index in [1.54, 1.807) is 27.4 Å². The number of benzene rings is 2. The highest BCUT2D eigenvalue weighted by Gasteiger charge is 2.37. The smallest absolute Gasteiger partial charge is 0.333 e. The quantitative estimate of drug-likeness (QED) is 0.558. The van der Waals surface area contributed by atoms with Crippen molar-refractivity contribution in [1.82, 2.24) is 9.80 Å². The first-order valence-corrected chi connectivity index (χ1v) is 10.4. The number of imide groups is 2. The Morgan fingerprint density at radius 3 is 1.75 bits per heavy atom. The van der Waals surface area contributed by atoms with E-state index in [4.69, 9.17) is 14.2 Å². The van der Waals surface area contributed by atoms with Gasteiger partial charge in [-0.25, -0.2) is 4.79 Å². The van der Waals surface area contributed by atoms with Crippen LogP contribution >= 0.6 is 0 Å². The van der Waals surface area contributed by atoms with Crippen LogP contribution in [0.25, 0.3) is 0 Å². The Balaban J connectivity index is 1.67. The monoisotopic (exact) mass is 440 g/mol. The van der Waals surface area contributed by atoms with Crippen LogP contribution in [0, 0.1) is 6.92 Å². The summed E-state index contributed by atoms with van der Waals surface area (Å²) in [6.45, 7) is 2.32. The third-order valence-electron chi connectivity index (χ3n) is 5.53. The predicted octanol–water partition coefficient (Wildman–Crippen LogP) is 2.99. The Morgan fingerprint density at radius 1 is 0.719 bits per heavy atom. The molecule has 1 aliphatic rings. The van der Waals surface area contributed by atoms with Gasteiger partial charge in [-0.2, -0.15) is 0 Å². The van der Waals surface area contributed by atoms with Gasteiger partial charge in [-0.15, -0.1) is 0 Å². The summed E-state index contributed by atoms with van der Waals surface area (Å²) in [6, 6.07) is 10.6. The SMILES string of the molecule is COc1cc(CCN2C(=O)CC(=O)N(CCc3ccc(OC)c(OC)c3)C2=O)ccc1C. The van der Waals surface area contributed by atoms with E-state index in [2.05, 4.69) is 0 Å². The molecule has 0 radical (unpaired) electrons. The van der Waals surface area contributed by atoms with Crippen molar-refractivity contribution in [3.05, 3.63) is 53.1 Å². The lowest BCUT2D eigenvalue weighted by atomic mass is 10.1. The molecule has 2 aromatic carbocycles. The molecule has 0 N–H and O–H groups in total. The minimum absolute atomic E-state index is 0.176. The molecule has 0 aromatic heterocycles. The van der Waals surface area contributed by atoms with Crippen molar-refractivity contribution >= 4 is 17.8 Å². The Morgan fingerprint density at radius 2 is 1.22 bits per heavy atom. The van der Waals surface area contributed by atoms with E-state index in [0.717, 1.165) is 32.2 Å². The average molecular weight is 440 g/mol. The van der Waals surface area contributed by atoms with Crippen LogP contribution in [-0.4, -0.2) is 62.1 Å². The normalized spacial score (nSPS) is 14.1. The van der Waals surface area contributed by atoms with E-state index >= 15 is 0 Å². The molecular weight excluding hydrogens is 412 g/mol. The van der Waals surface area contributed by atoms with Crippen LogP contribution in [0.3, 0.4) is 0 Å². The van der Waals surface area contributed by atoms with Crippen molar-refractivity contribution in [2.45, 2.75) is 26.2 Å². The van der Waals surface area contributed by atoms with Crippen molar-refractivity contribution in [3.8, 4) is 17.2 Å². The zero-order valence-corrected chi connectivity index (χ0v) is 18.8. The summed E-state index contributed by atoms with van der Waals surface area (Å²) in [7, 11) is 4.71. The molecular formula is C24H28N2O6. The van der Waals surface area contributed by atoms with Crippen LogP contribution < -0.4 is 14.2 Å². The average Bonchev–Trinajstić information content (AvgIpc) is 2.79. The van der Waals surface area contributed by atoms with Gasteiger partial charge in [-0.05, 0) is 54.7 Å². The minimum atomic E-state index is -0.578. The van der Waals surface area contributed by atoms with Gasteiger partial charge in [0.1, 0.15) is 12.2 Å². The van der Waals surface area contributed by atoms with Gasteiger partial charge < -0.3 is 14.2 Å². The van der Waals surface area contributed by atoms with E-state index in [9.17, 15) is 14.4 Å². The summed E-state index contributed by atoms with van der Waals surface area (Å²) in [5.41, 5.74) is 2.84. The van der Waals surface area contributed by atoms with Crippen LogP contribution in [-0.2, 0) is 22.4 Å². The van der Waals surface area contributed by atoms with Gasteiger partial charge in [-0.1, -0.05) is 18.2 Å². The van der Waals surface area contributed by atoms with Gasteiger partial charge in [-0.3, -0.25) is 19.4 Å². The summed E-state index contributed by atoms with van der Waals surface area (Å²) in [5.74, 6) is 0.984. The lowest BCUT2D eigenvalue weighted by Crippen LogP contribution is -2.55. The summed E-state index contributed by atoms with van der Waals surface area (Å²) >= 11 is 0. The van der Waals surface area contributed by atoms with Crippen molar-refractivity contribution in [2.24, 2.45) is 0 Å². The fourth-order valence-corrected chi connectivity index (χ4v) is 3.66. The molecule has 0 spiro atoms. The molecule has 0 atom stereocenters. The largest absolute Gasteiger partial charge is 0.496 e. The molecule has 0 saturated carbocycles. The highest BCUT2D eigenvalue weighted by atomic mass is 16.5. The number of amides is 4. The van der Waals surface area contributed by atoms with Crippen molar-refractivity contribution in [2.75, 3.05) is 34.4 Å². The lowest BCUT2D eigenvalue weighted by molar-refractivity contribution is -0.142. The Kier molecular flexibility index (Phi) is 7.35. The highest BCUT2D eigenvalue weighted by molar-refractivity contribution is 6.14. The van der Waals surface area contributed by atoms with Gasteiger partial charge in [0.25, 0.3) is 0 Å². The van der Waals surface area contributed by atoms with E-state index in [1.807, 2.05) is 37.3 Å². The first-order chi connectivity index (χ1) is 15.4. The Bertz CT molecular complexity index is 1020. The van der Waals surface area contributed by atoms with Gasteiger partial charge in [0.05, 0.1) is 21.3 Å². The molecule has 1 saturated heterocycles. The fraction of sp³-hybridized carbons (Fsp3) is 0.375. The number of urea groups is 1. The second kappa shape index (κ2) is 10.2. The van der Waals surface area contributed by atoms with E-state index < -0.39 is 17.8 Å². The van der Waals surface area contributed by atoms with E-state index in [1.165, 1.54) is 0 Å². The molecule has 1 heterocycles. The number of hydrogen-bond donors (Lipinski definition) is 0. The zero-order valence-electron chi connectivity index (χ0n) is 18.8. The molecule has 0 bridgehead atoms. The van der Waals surface area contributed by atoms with Crippen LogP contribution in [0.4, 0.5) is 4.79 Å². The van der Waals surface area contributed by atoms with Gasteiger partial charge in [0.2, 0.25) is 11.8 Å². The van der Waals surface area contributed by atoms with E-state index in [0.29, 0.717) is 24.3 Å². The number of hydrogen-bond acceptors (Lipinski definition) is 6. The van der Waals surface area contributed by atoms with Crippen molar-refractivity contribution in [1.29, 1.82) is 0 Å². The molecule has 0 aliphatic carbocycles. The number of carbonyl (C=O) groups is 3. The van der Waals surface area contributed by atoms with Crippen molar-refractivity contribution < 1.29 is 28.6 Å². The standard InChI is InChI=1S/C24H28N2O6/c1-16-5-6-17(13-20(16)31-3)9-11-25-22(27)15-23(28)26(24(25)29)12-10-18-7-8-19(30-2)21(14-18)32-4/h5-8,13-14H,9-12,15H2,1-4H3. The maximum atomic E-state index is 12.9. The molecule has 32 heavy (non-hydrogen) atoms. The number of aryl methyl sites for hydroxylation is 1. The maximum absolute atomic E-state index is 12.9. The third kappa shape index (κ3) is 5.01. The zero-order chi connectivity index (χ0) is 23.3. The fourth-order valence-electron chi connectivity index (χ4n) is 3.66. The van der Waals surface area contributed by atoms with E-state index in [-0.39, 0.29) is 19.5 Å². The second-order valence-electron chi connectivity index (χ2n) is 7.54. The summed E-state index contributed by atoms with van der Waals surface area (Å²) in [5, 5.41) is 0. The molecule has 8 heteroatoms. The minimum Gasteiger partial charge on any atom is -0.496 e. The second-order valence-corrected chi connectivity index (χ2v) is 7.54. The molecule has 4 amide bonds. The molecule has 170 valence electrons. The number of rotatable bonds is 9. The van der Waals surface area contributed by atoms with Crippen LogP contribution in [0.15, 0.2) is 36.4 Å². The van der Waals surface area contributed by atoms with Crippen LogP contribution in [0.1, 0.15) is 23.1 Å². The number of nitrogens with zero attached hydrogens (tertiary/aromatic N) is 2. The van der Waals surface area contributed by atoms with Crippen molar-refractivity contribution in [3.63, 3.8) is 0 Å². The van der Waals surface area contributed by atoms with Crippen LogP contribution in [0.5, 0.6) is 17.2 Å². The van der Waals surface area contributed by atoms with Gasteiger partial charge in [0, 0.05) is 13.1 Å². The lowest BCUT2D eigenvalue weighted by Gasteiger charge is -2.32. The summed E-state index contributed by atoms with van der Waals surface area (Å²) in [6.07, 6.45) is 0.607. The van der Waals surface area contributed by atoms with Crippen LogP contribution in [0.2, 0.25) is 0 Å². The molecule has 8 nitrogen and oxygen atoms in total. The molecule has 1 aliphatic heterocycles. The number of carbonyl (C=O) groups excluding carboxylic acids is 3. The summed E-state index contributed by atoms with van der Waals surface area (Å²) < 4.78 is 15.9. The summed E-state index contributed by atoms with van der Waals surface area (Å²) in [4.78, 5) is 40.0. The first-order valence-electron chi connectivity index (χ1n) is 10.4. The molecule has 2 aromatic rings. The maximum Gasteiger partial charge on any atom is 0.333 e. The molecule has 1 fully saturated rings. The first kappa shape index (κ1) is 23.1. The number of methoxy groups -OCH3 is 3. The van der Waals surface area contributed by atoms with Gasteiger partial charge in [0.15, 0.2) is 11.5 Å².